The third-order valence-electron chi connectivity index (χ3n) is 4.30. The lowest BCUT2D eigenvalue weighted by atomic mass is 9.97. The van der Waals surface area contributed by atoms with Gasteiger partial charge in [0.05, 0.1) is 22.9 Å². The van der Waals surface area contributed by atoms with Crippen LogP contribution in [0.25, 0.3) is 0 Å². The summed E-state index contributed by atoms with van der Waals surface area (Å²) in [4.78, 5) is 2.17. The van der Waals surface area contributed by atoms with Crippen molar-refractivity contribution in [2.45, 2.75) is 51.1 Å². The standard InChI is InChI=1S/C15H27BrN4/c1-19(2)9-10-20-15(13(16)11-18-20)14(17)8-7-12-5-3-4-6-12/h11-12,14H,3-10,17H2,1-2H3. The lowest BCUT2D eigenvalue weighted by Gasteiger charge is -2.18. The summed E-state index contributed by atoms with van der Waals surface area (Å²) in [7, 11) is 4.16. The van der Waals surface area contributed by atoms with Crippen molar-refractivity contribution >= 4 is 15.9 Å². The first kappa shape index (κ1) is 16.0. The Morgan fingerprint density at radius 3 is 2.80 bits per heavy atom. The molecule has 0 aromatic carbocycles. The lowest BCUT2D eigenvalue weighted by molar-refractivity contribution is 0.362. The topological polar surface area (TPSA) is 47.1 Å². The molecule has 0 bridgehead atoms. The second kappa shape index (κ2) is 7.57. The third kappa shape index (κ3) is 4.30. The molecule has 0 amide bonds. The van der Waals surface area contributed by atoms with Gasteiger partial charge in [0.15, 0.2) is 0 Å². The van der Waals surface area contributed by atoms with Crippen LogP contribution in [0.5, 0.6) is 0 Å². The molecule has 1 aliphatic carbocycles. The fourth-order valence-electron chi connectivity index (χ4n) is 3.06. The SMILES string of the molecule is CN(C)CCn1ncc(Br)c1C(N)CCC1CCCC1. The summed E-state index contributed by atoms with van der Waals surface area (Å²) in [5, 5.41) is 4.45. The smallest absolute Gasteiger partial charge is 0.0694 e. The molecule has 1 aromatic rings. The van der Waals surface area contributed by atoms with Gasteiger partial charge in [-0.2, -0.15) is 5.10 Å². The molecule has 2 N–H and O–H groups in total. The van der Waals surface area contributed by atoms with Crippen LogP contribution in [0, 0.1) is 5.92 Å². The maximum Gasteiger partial charge on any atom is 0.0694 e. The molecule has 20 heavy (non-hydrogen) atoms. The highest BCUT2D eigenvalue weighted by Gasteiger charge is 2.20. The van der Waals surface area contributed by atoms with Crippen molar-refractivity contribution < 1.29 is 0 Å². The van der Waals surface area contributed by atoms with E-state index < -0.39 is 0 Å². The molecule has 0 spiro atoms. The fourth-order valence-corrected chi connectivity index (χ4v) is 3.65. The quantitative estimate of drug-likeness (QED) is 0.827. The van der Waals surface area contributed by atoms with Crippen molar-refractivity contribution in [3.8, 4) is 0 Å². The number of halogens is 1. The Balaban J connectivity index is 1.93. The second-order valence-electron chi connectivity index (χ2n) is 6.24. The Morgan fingerprint density at radius 1 is 1.45 bits per heavy atom. The van der Waals surface area contributed by atoms with Crippen LogP contribution in [0.15, 0.2) is 10.7 Å². The number of hydrogen-bond donors (Lipinski definition) is 1. The molecule has 0 radical (unpaired) electrons. The van der Waals surface area contributed by atoms with Crippen LogP contribution in [0.4, 0.5) is 0 Å². The van der Waals surface area contributed by atoms with Gasteiger partial charge in [-0.25, -0.2) is 0 Å². The molecule has 1 aromatic heterocycles. The van der Waals surface area contributed by atoms with Gasteiger partial charge < -0.3 is 10.6 Å². The molecule has 114 valence electrons. The number of aromatic nitrogens is 2. The first-order valence-corrected chi connectivity index (χ1v) is 8.48. The minimum atomic E-state index is 0.0923. The number of nitrogens with two attached hydrogens (primary N) is 1. The van der Waals surface area contributed by atoms with Crippen LogP contribution in [0.3, 0.4) is 0 Å². The minimum absolute atomic E-state index is 0.0923. The highest BCUT2D eigenvalue weighted by Crippen LogP contribution is 2.32. The van der Waals surface area contributed by atoms with Crippen LogP contribution < -0.4 is 5.73 Å². The summed E-state index contributed by atoms with van der Waals surface area (Å²) in [5.41, 5.74) is 7.58. The molecule has 0 saturated heterocycles. The number of rotatable bonds is 7. The van der Waals surface area contributed by atoms with Crippen molar-refractivity contribution in [2.24, 2.45) is 11.7 Å². The van der Waals surface area contributed by atoms with Gasteiger partial charge in [-0.3, -0.25) is 4.68 Å². The molecular formula is C15H27BrN4. The lowest BCUT2D eigenvalue weighted by Crippen LogP contribution is -2.23. The maximum atomic E-state index is 6.42. The normalized spacial score (nSPS) is 18.1. The number of hydrogen-bond acceptors (Lipinski definition) is 3. The summed E-state index contributed by atoms with van der Waals surface area (Å²) in [6.45, 7) is 1.88. The van der Waals surface area contributed by atoms with Gasteiger partial charge in [0.1, 0.15) is 0 Å². The Bertz CT molecular complexity index is 410. The van der Waals surface area contributed by atoms with Crippen molar-refractivity contribution in [3.63, 3.8) is 0 Å². The van der Waals surface area contributed by atoms with Crippen molar-refractivity contribution in [1.82, 2.24) is 14.7 Å². The van der Waals surface area contributed by atoms with Gasteiger partial charge in [0.2, 0.25) is 0 Å². The minimum Gasteiger partial charge on any atom is -0.323 e. The van der Waals surface area contributed by atoms with Crippen molar-refractivity contribution in [1.29, 1.82) is 0 Å². The van der Waals surface area contributed by atoms with Gasteiger partial charge >= 0.3 is 0 Å². The van der Waals surface area contributed by atoms with Crippen molar-refractivity contribution in [2.75, 3.05) is 20.6 Å². The predicted molar refractivity (Wildman–Crippen MR) is 86.6 cm³/mol. The van der Waals surface area contributed by atoms with Gasteiger partial charge in [0.25, 0.3) is 0 Å². The maximum absolute atomic E-state index is 6.42. The van der Waals surface area contributed by atoms with Gasteiger partial charge in [-0.05, 0) is 48.8 Å². The summed E-state index contributed by atoms with van der Waals surface area (Å²) in [6, 6.07) is 0.0923. The van der Waals surface area contributed by atoms with Gasteiger partial charge in [-0.1, -0.05) is 25.7 Å². The van der Waals surface area contributed by atoms with Gasteiger partial charge in [-0.15, -0.1) is 0 Å². The second-order valence-corrected chi connectivity index (χ2v) is 7.09. The van der Waals surface area contributed by atoms with E-state index in [0.29, 0.717) is 0 Å². The summed E-state index contributed by atoms with van der Waals surface area (Å²) >= 11 is 3.60. The molecular weight excluding hydrogens is 316 g/mol. The van der Waals surface area contributed by atoms with Crippen LogP contribution >= 0.6 is 15.9 Å². The molecule has 0 aliphatic heterocycles. The zero-order valence-corrected chi connectivity index (χ0v) is 14.3. The fraction of sp³-hybridized carbons (Fsp3) is 0.800. The van der Waals surface area contributed by atoms with E-state index in [-0.39, 0.29) is 6.04 Å². The third-order valence-corrected chi connectivity index (χ3v) is 4.92. The Morgan fingerprint density at radius 2 is 2.15 bits per heavy atom. The molecule has 5 heteroatoms. The molecule has 4 nitrogen and oxygen atoms in total. The average Bonchev–Trinajstić information content (AvgIpc) is 3.03. The molecule has 1 atom stereocenters. The Labute approximate surface area is 130 Å². The first-order chi connectivity index (χ1) is 9.58. The zero-order valence-electron chi connectivity index (χ0n) is 12.7. The van der Waals surface area contributed by atoms with Crippen LogP contribution in [-0.4, -0.2) is 35.3 Å². The highest BCUT2D eigenvalue weighted by atomic mass is 79.9. The number of likely N-dealkylation sites (N-methyl/N-ethyl adjacent to an activating group) is 1. The molecule has 1 heterocycles. The Hall–Kier alpha value is -0.390. The van der Waals surface area contributed by atoms with E-state index in [2.05, 4.69) is 44.7 Å². The molecule has 1 saturated carbocycles. The molecule has 2 rings (SSSR count). The van der Waals surface area contributed by atoms with E-state index in [4.69, 9.17) is 5.73 Å². The van der Waals surface area contributed by atoms with Crippen LogP contribution in [-0.2, 0) is 6.54 Å². The predicted octanol–water partition coefficient (Wildman–Crippen LogP) is 3.18. The van der Waals surface area contributed by atoms with Crippen LogP contribution in [0.2, 0.25) is 0 Å². The summed E-state index contributed by atoms with van der Waals surface area (Å²) in [6.07, 6.45) is 9.81. The van der Waals surface area contributed by atoms with Gasteiger partial charge in [0, 0.05) is 12.6 Å². The molecule has 1 fully saturated rings. The molecule has 1 aliphatic rings. The Kier molecular flexibility index (Phi) is 6.05. The monoisotopic (exact) mass is 342 g/mol. The highest BCUT2D eigenvalue weighted by molar-refractivity contribution is 9.10. The molecule has 1 unspecified atom stereocenters. The van der Waals surface area contributed by atoms with E-state index in [1.54, 1.807) is 0 Å². The van der Waals surface area contributed by atoms with E-state index in [1.807, 2.05) is 6.20 Å². The number of nitrogens with zero attached hydrogens (tertiary/aromatic N) is 3. The summed E-state index contributed by atoms with van der Waals surface area (Å²) < 4.78 is 3.11. The van der Waals surface area contributed by atoms with Crippen molar-refractivity contribution in [3.05, 3.63) is 16.4 Å². The summed E-state index contributed by atoms with van der Waals surface area (Å²) in [5.74, 6) is 0.901. The largest absolute Gasteiger partial charge is 0.323 e. The first-order valence-electron chi connectivity index (χ1n) is 7.69. The van der Waals surface area contributed by atoms with E-state index in [1.165, 1.54) is 32.1 Å². The van der Waals surface area contributed by atoms with Crippen LogP contribution in [0.1, 0.15) is 50.3 Å². The average molecular weight is 343 g/mol. The van der Waals surface area contributed by atoms with E-state index in [0.717, 1.165) is 35.6 Å². The van der Waals surface area contributed by atoms with E-state index >= 15 is 0 Å². The zero-order chi connectivity index (χ0) is 14.5. The van der Waals surface area contributed by atoms with E-state index in [9.17, 15) is 0 Å².